The van der Waals surface area contributed by atoms with Crippen LogP contribution in [0.5, 0.6) is 0 Å². The quantitative estimate of drug-likeness (QED) is 0.562. The van der Waals surface area contributed by atoms with E-state index in [-0.39, 0.29) is 0 Å². The van der Waals surface area contributed by atoms with Gasteiger partial charge >= 0.3 is 0 Å². The number of nitrogens with two attached hydrogens (primary N) is 1. The van der Waals surface area contributed by atoms with Gasteiger partial charge in [0, 0.05) is 24.3 Å². The Hall–Kier alpha value is -3.15. The second-order valence-electron chi connectivity index (χ2n) is 6.47. The summed E-state index contributed by atoms with van der Waals surface area (Å²) >= 11 is 0. The summed E-state index contributed by atoms with van der Waals surface area (Å²) in [7, 11) is 0. The zero-order chi connectivity index (χ0) is 17.8. The first kappa shape index (κ1) is 16.3. The number of fused-ring (bicyclic) bond motifs is 1. The van der Waals surface area contributed by atoms with Gasteiger partial charge in [0.15, 0.2) is 5.96 Å². The smallest absolute Gasteiger partial charge is 0.193 e. The molecule has 6 heteroatoms. The van der Waals surface area contributed by atoms with Crippen LogP contribution in [-0.4, -0.2) is 20.5 Å². The number of pyridine rings is 1. The summed E-state index contributed by atoms with van der Waals surface area (Å²) < 4.78 is 1.87. The Balaban J connectivity index is 1.47. The van der Waals surface area contributed by atoms with Gasteiger partial charge in [0.05, 0.1) is 6.54 Å². The highest BCUT2D eigenvalue weighted by Crippen LogP contribution is 2.27. The summed E-state index contributed by atoms with van der Waals surface area (Å²) in [6.07, 6.45) is 11.8. The van der Waals surface area contributed by atoms with Gasteiger partial charge in [0.25, 0.3) is 0 Å². The summed E-state index contributed by atoms with van der Waals surface area (Å²) in [5.41, 5.74) is 11.1. The van der Waals surface area contributed by atoms with E-state index in [0.717, 1.165) is 29.9 Å². The van der Waals surface area contributed by atoms with Gasteiger partial charge in [-0.1, -0.05) is 12.1 Å². The van der Waals surface area contributed by atoms with E-state index in [9.17, 15) is 0 Å². The van der Waals surface area contributed by atoms with Crippen molar-refractivity contribution < 1.29 is 0 Å². The van der Waals surface area contributed by atoms with Crippen LogP contribution in [0, 0.1) is 0 Å². The van der Waals surface area contributed by atoms with Gasteiger partial charge in [0.2, 0.25) is 0 Å². The highest BCUT2D eigenvalue weighted by atomic mass is 15.1. The van der Waals surface area contributed by atoms with Gasteiger partial charge in [-0.2, -0.15) is 0 Å². The Labute approximate surface area is 152 Å². The zero-order valence-electron chi connectivity index (χ0n) is 14.6. The van der Waals surface area contributed by atoms with Gasteiger partial charge in [-0.3, -0.25) is 4.57 Å². The minimum atomic E-state index is 0.435. The third kappa shape index (κ3) is 3.59. The molecule has 26 heavy (non-hydrogen) atoms. The number of anilines is 1. The first-order chi connectivity index (χ1) is 12.8. The van der Waals surface area contributed by atoms with Gasteiger partial charge in [-0.15, -0.1) is 0 Å². The fourth-order valence-electron chi connectivity index (χ4n) is 3.35. The second kappa shape index (κ2) is 7.39. The maximum absolute atomic E-state index is 6.13. The number of hydrogen-bond acceptors (Lipinski definition) is 3. The molecule has 1 aliphatic rings. The molecule has 0 aliphatic heterocycles. The molecule has 0 atom stereocenters. The van der Waals surface area contributed by atoms with Crippen LogP contribution in [0.4, 0.5) is 5.69 Å². The molecule has 4 rings (SSSR count). The molecule has 0 radical (unpaired) electrons. The molecule has 0 saturated carbocycles. The summed E-state index contributed by atoms with van der Waals surface area (Å²) in [4.78, 5) is 12.9. The molecule has 3 N–H and O–H groups in total. The zero-order valence-corrected chi connectivity index (χ0v) is 14.6. The topological polar surface area (TPSA) is 81.1 Å². The van der Waals surface area contributed by atoms with Gasteiger partial charge < -0.3 is 11.1 Å². The van der Waals surface area contributed by atoms with Gasteiger partial charge in [-0.25, -0.2) is 15.0 Å². The van der Waals surface area contributed by atoms with Crippen LogP contribution in [-0.2, 0) is 19.4 Å². The average Bonchev–Trinajstić information content (AvgIpc) is 3.22. The van der Waals surface area contributed by atoms with Gasteiger partial charge in [-0.05, 0) is 60.6 Å². The molecule has 2 heterocycles. The number of hydrogen-bond donors (Lipinski definition) is 2. The molecule has 1 aliphatic carbocycles. The number of nitrogens with one attached hydrogen (secondary N) is 1. The Bertz CT molecular complexity index is 914. The normalized spacial score (nSPS) is 14.1. The van der Waals surface area contributed by atoms with E-state index >= 15 is 0 Å². The van der Waals surface area contributed by atoms with Crippen molar-refractivity contribution in [2.75, 3.05) is 5.32 Å². The van der Waals surface area contributed by atoms with E-state index in [1.54, 1.807) is 18.7 Å². The summed E-state index contributed by atoms with van der Waals surface area (Å²) in [5.74, 6) is 1.25. The molecule has 132 valence electrons. The van der Waals surface area contributed by atoms with Crippen molar-refractivity contribution >= 4 is 11.6 Å². The maximum Gasteiger partial charge on any atom is 0.193 e. The maximum atomic E-state index is 6.13. The molecule has 0 fully saturated rings. The largest absolute Gasteiger partial charge is 0.370 e. The Morgan fingerprint density at radius 1 is 1.19 bits per heavy atom. The Morgan fingerprint density at radius 2 is 2.12 bits per heavy atom. The van der Waals surface area contributed by atoms with E-state index in [4.69, 9.17) is 5.73 Å². The number of benzene rings is 1. The lowest BCUT2D eigenvalue weighted by Crippen LogP contribution is -2.24. The third-order valence-corrected chi connectivity index (χ3v) is 4.67. The van der Waals surface area contributed by atoms with E-state index in [1.807, 2.05) is 22.9 Å². The minimum Gasteiger partial charge on any atom is -0.370 e. The summed E-state index contributed by atoms with van der Waals surface area (Å²) in [6, 6.07) is 10.3. The fourth-order valence-corrected chi connectivity index (χ4v) is 3.35. The van der Waals surface area contributed by atoms with Crippen LogP contribution in [0.3, 0.4) is 0 Å². The van der Waals surface area contributed by atoms with Gasteiger partial charge in [0.1, 0.15) is 12.1 Å². The van der Waals surface area contributed by atoms with Crippen molar-refractivity contribution in [3.05, 3.63) is 71.9 Å². The molecule has 0 spiro atoms. The second-order valence-corrected chi connectivity index (χ2v) is 6.47. The van der Waals surface area contributed by atoms with Crippen LogP contribution in [0.1, 0.15) is 29.5 Å². The van der Waals surface area contributed by atoms with Crippen LogP contribution in [0.15, 0.2) is 60.2 Å². The SMILES string of the molecule is NC(=NCc1ccnc(-n2ccnc2)c1)Nc1cccc2c1CCCC2. The number of imidazole rings is 1. The molecule has 3 aromatic rings. The van der Waals surface area contributed by atoms with Crippen molar-refractivity contribution in [1.82, 2.24) is 14.5 Å². The van der Waals surface area contributed by atoms with Crippen molar-refractivity contribution in [2.24, 2.45) is 10.7 Å². The number of aliphatic imine (C=N–C) groups is 1. The van der Waals surface area contributed by atoms with Crippen molar-refractivity contribution in [2.45, 2.75) is 32.2 Å². The van der Waals surface area contributed by atoms with E-state index in [0.29, 0.717) is 12.5 Å². The molecular weight excluding hydrogens is 324 g/mol. The van der Waals surface area contributed by atoms with E-state index in [1.165, 1.54) is 24.0 Å². The number of rotatable bonds is 4. The van der Waals surface area contributed by atoms with Crippen LogP contribution in [0.25, 0.3) is 5.82 Å². The third-order valence-electron chi connectivity index (χ3n) is 4.67. The van der Waals surface area contributed by atoms with E-state index < -0.39 is 0 Å². The number of nitrogens with zero attached hydrogens (tertiary/aromatic N) is 4. The van der Waals surface area contributed by atoms with Crippen molar-refractivity contribution in [3.8, 4) is 5.82 Å². The monoisotopic (exact) mass is 346 g/mol. The predicted octanol–water partition coefficient (Wildman–Crippen LogP) is 3.07. The lowest BCUT2D eigenvalue weighted by Gasteiger charge is -2.19. The fraction of sp³-hybridized carbons (Fsp3) is 0.250. The lowest BCUT2D eigenvalue weighted by molar-refractivity contribution is 0.687. The number of aromatic nitrogens is 3. The molecule has 0 bridgehead atoms. The summed E-state index contributed by atoms with van der Waals surface area (Å²) in [5, 5.41) is 3.28. The molecule has 2 aromatic heterocycles. The highest BCUT2D eigenvalue weighted by Gasteiger charge is 2.13. The lowest BCUT2D eigenvalue weighted by atomic mass is 9.90. The number of guanidine groups is 1. The highest BCUT2D eigenvalue weighted by molar-refractivity contribution is 5.93. The van der Waals surface area contributed by atoms with Crippen molar-refractivity contribution in [1.29, 1.82) is 0 Å². The predicted molar refractivity (Wildman–Crippen MR) is 103 cm³/mol. The Morgan fingerprint density at radius 3 is 3.00 bits per heavy atom. The van der Waals surface area contributed by atoms with Crippen LogP contribution in [0.2, 0.25) is 0 Å². The average molecular weight is 346 g/mol. The molecule has 6 nitrogen and oxygen atoms in total. The standard InChI is InChI=1S/C20H22N6/c21-20(25-18-7-3-5-16-4-1-2-6-17(16)18)24-13-15-8-9-23-19(12-15)26-11-10-22-14-26/h3,5,7-12,14H,1-2,4,6,13H2,(H3,21,24,25). The summed E-state index contributed by atoms with van der Waals surface area (Å²) in [6.45, 7) is 0.498. The molecule has 0 amide bonds. The molecule has 0 saturated heterocycles. The molecule has 1 aromatic carbocycles. The minimum absolute atomic E-state index is 0.435. The van der Waals surface area contributed by atoms with Crippen LogP contribution < -0.4 is 11.1 Å². The first-order valence-corrected chi connectivity index (χ1v) is 8.90. The molecule has 0 unspecified atom stereocenters. The number of aryl methyl sites for hydroxylation is 1. The van der Waals surface area contributed by atoms with E-state index in [2.05, 4.69) is 38.5 Å². The first-order valence-electron chi connectivity index (χ1n) is 8.90. The van der Waals surface area contributed by atoms with Crippen LogP contribution >= 0.6 is 0 Å². The Kier molecular flexibility index (Phi) is 4.64. The van der Waals surface area contributed by atoms with Crippen molar-refractivity contribution in [3.63, 3.8) is 0 Å². The molecular formula is C20H22N6.